The summed E-state index contributed by atoms with van der Waals surface area (Å²) in [4.78, 5) is 18.0. The quantitative estimate of drug-likeness (QED) is 0.703. The summed E-state index contributed by atoms with van der Waals surface area (Å²) < 4.78 is 26.7. The summed E-state index contributed by atoms with van der Waals surface area (Å²) in [6.45, 7) is 1.69. The Morgan fingerprint density at radius 1 is 1.21 bits per heavy atom. The lowest BCUT2D eigenvalue weighted by Gasteiger charge is -2.16. The predicted octanol–water partition coefficient (Wildman–Crippen LogP) is 4.59. The second kappa shape index (κ2) is 7.43. The molecule has 1 aliphatic heterocycles. The van der Waals surface area contributed by atoms with Gasteiger partial charge in [-0.15, -0.1) is 0 Å². The summed E-state index contributed by atoms with van der Waals surface area (Å²) in [5.74, 6) is -2.67. The molecule has 0 unspecified atom stereocenters. The molecule has 0 saturated carbocycles. The fraction of sp³-hybridized carbons (Fsp3) is 0.304. The summed E-state index contributed by atoms with van der Waals surface area (Å²) in [5.41, 5.74) is 11.1. The predicted molar refractivity (Wildman–Crippen MR) is 111 cm³/mol. The molecule has 0 bridgehead atoms. The van der Waals surface area contributed by atoms with E-state index in [0.717, 1.165) is 27.6 Å². The summed E-state index contributed by atoms with van der Waals surface area (Å²) in [6.07, 6.45) is 0.259. The summed E-state index contributed by atoms with van der Waals surface area (Å²) in [6, 6.07) is 16.1. The number of nitrogens with zero attached hydrogens (tertiary/aromatic N) is 2. The van der Waals surface area contributed by atoms with E-state index < -0.39 is 12.5 Å². The van der Waals surface area contributed by atoms with Crippen LogP contribution in [0.4, 0.5) is 14.6 Å². The molecule has 150 valence electrons. The molecule has 1 aliphatic rings. The monoisotopic (exact) mass is 395 g/mol. The van der Waals surface area contributed by atoms with E-state index in [9.17, 15) is 13.6 Å². The smallest absolute Gasteiger partial charge is 0.267 e. The third-order valence-corrected chi connectivity index (χ3v) is 5.51. The van der Waals surface area contributed by atoms with Crippen LogP contribution in [-0.4, -0.2) is 34.8 Å². The van der Waals surface area contributed by atoms with Crippen molar-refractivity contribution in [3.8, 4) is 11.1 Å². The van der Waals surface area contributed by atoms with Gasteiger partial charge in [-0.1, -0.05) is 30.3 Å². The van der Waals surface area contributed by atoms with Crippen LogP contribution in [0.2, 0.25) is 0 Å². The minimum atomic E-state index is -2.77. The molecule has 3 aromatic rings. The molecule has 1 amide bonds. The van der Waals surface area contributed by atoms with E-state index in [0.29, 0.717) is 12.2 Å². The normalized spacial score (nSPS) is 15.8. The number of nitrogen functional groups attached to an aromatic ring is 1. The second-order valence-corrected chi connectivity index (χ2v) is 7.68. The van der Waals surface area contributed by atoms with Crippen LogP contribution in [0.5, 0.6) is 0 Å². The number of aryl methyl sites for hydroxylation is 2. The fourth-order valence-electron chi connectivity index (χ4n) is 3.85. The average Bonchev–Trinajstić information content (AvgIpc) is 3.06. The number of benzene rings is 2. The first-order chi connectivity index (χ1) is 13.8. The maximum absolute atomic E-state index is 13.3. The maximum atomic E-state index is 13.3. The number of amides is 1. The fourth-order valence-corrected chi connectivity index (χ4v) is 3.85. The SMILES string of the molecule is Cc1ccccc1-c1ccc2nc(N)c(CCC(=O)N3CCC(F)(F)C3)cc2c1. The molecule has 0 radical (unpaired) electrons. The standard InChI is InChI=1S/C23H23F2N3O/c1-15-4-2-3-5-19(15)16-6-8-20-18(12-16)13-17(22(26)27-20)7-9-21(29)28-11-10-23(24,25)14-28/h2-6,8,12-13H,7,9-11,14H2,1H3,(H2,26,27). The van der Waals surface area contributed by atoms with Crippen LogP contribution >= 0.6 is 0 Å². The van der Waals surface area contributed by atoms with E-state index in [-0.39, 0.29) is 25.3 Å². The lowest BCUT2D eigenvalue weighted by atomic mass is 9.98. The summed E-state index contributed by atoms with van der Waals surface area (Å²) in [5, 5.41) is 0.940. The molecule has 0 spiro atoms. The van der Waals surface area contributed by atoms with Crippen LogP contribution < -0.4 is 5.73 Å². The first-order valence-electron chi connectivity index (χ1n) is 9.73. The Morgan fingerprint density at radius 2 is 2.00 bits per heavy atom. The van der Waals surface area contributed by atoms with Gasteiger partial charge in [-0.05, 0) is 53.8 Å². The number of alkyl halides is 2. The number of carbonyl (C=O) groups is 1. The zero-order chi connectivity index (χ0) is 20.6. The number of carbonyl (C=O) groups excluding carboxylic acids is 1. The van der Waals surface area contributed by atoms with Gasteiger partial charge >= 0.3 is 0 Å². The van der Waals surface area contributed by atoms with Gasteiger partial charge in [0.25, 0.3) is 5.92 Å². The highest BCUT2D eigenvalue weighted by molar-refractivity contribution is 5.87. The largest absolute Gasteiger partial charge is 0.383 e. The number of aromatic nitrogens is 1. The highest BCUT2D eigenvalue weighted by Gasteiger charge is 2.39. The van der Waals surface area contributed by atoms with Crippen molar-refractivity contribution in [2.75, 3.05) is 18.8 Å². The Kier molecular flexibility index (Phi) is 4.94. The van der Waals surface area contributed by atoms with Gasteiger partial charge < -0.3 is 10.6 Å². The highest BCUT2D eigenvalue weighted by atomic mass is 19.3. The molecule has 2 aromatic carbocycles. The second-order valence-electron chi connectivity index (χ2n) is 7.68. The van der Waals surface area contributed by atoms with Crippen molar-refractivity contribution in [1.29, 1.82) is 0 Å². The topological polar surface area (TPSA) is 59.2 Å². The van der Waals surface area contributed by atoms with Crippen molar-refractivity contribution in [2.24, 2.45) is 0 Å². The number of rotatable bonds is 4. The van der Waals surface area contributed by atoms with Crippen LogP contribution in [0.1, 0.15) is 24.0 Å². The van der Waals surface area contributed by atoms with Crippen molar-refractivity contribution in [2.45, 2.75) is 32.1 Å². The number of fused-ring (bicyclic) bond motifs is 1. The molecule has 1 fully saturated rings. The number of pyridine rings is 1. The lowest BCUT2D eigenvalue weighted by Crippen LogP contribution is -2.31. The van der Waals surface area contributed by atoms with Crippen molar-refractivity contribution in [3.63, 3.8) is 0 Å². The van der Waals surface area contributed by atoms with Crippen LogP contribution in [-0.2, 0) is 11.2 Å². The van der Waals surface area contributed by atoms with E-state index in [1.807, 2.05) is 30.3 Å². The Morgan fingerprint density at radius 3 is 2.72 bits per heavy atom. The number of hydrogen-bond acceptors (Lipinski definition) is 3. The Labute approximate surface area is 168 Å². The van der Waals surface area contributed by atoms with Crippen molar-refractivity contribution in [1.82, 2.24) is 9.88 Å². The average molecular weight is 395 g/mol. The highest BCUT2D eigenvalue weighted by Crippen LogP contribution is 2.29. The van der Waals surface area contributed by atoms with Gasteiger partial charge in [0.1, 0.15) is 5.82 Å². The maximum Gasteiger partial charge on any atom is 0.267 e. The van der Waals surface area contributed by atoms with Crippen molar-refractivity contribution in [3.05, 3.63) is 59.7 Å². The Hall–Kier alpha value is -3.02. The Balaban J connectivity index is 1.56. The summed E-state index contributed by atoms with van der Waals surface area (Å²) in [7, 11) is 0. The van der Waals surface area contributed by atoms with Gasteiger partial charge in [-0.3, -0.25) is 4.79 Å². The molecule has 2 heterocycles. The van der Waals surface area contributed by atoms with Gasteiger partial charge in [-0.25, -0.2) is 13.8 Å². The van der Waals surface area contributed by atoms with E-state index >= 15 is 0 Å². The van der Waals surface area contributed by atoms with Crippen LogP contribution in [0.15, 0.2) is 48.5 Å². The molecule has 2 N–H and O–H groups in total. The van der Waals surface area contributed by atoms with Gasteiger partial charge in [0, 0.05) is 24.8 Å². The van der Waals surface area contributed by atoms with Crippen LogP contribution in [0.3, 0.4) is 0 Å². The molecule has 29 heavy (non-hydrogen) atoms. The first kappa shape index (κ1) is 19.3. The van der Waals surface area contributed by atoms with Crippen LogP contribution in [0, 0.1) is 6.92 Å². The van der Waals surface area contributed by atoms with E-state index in [1.165, 1.54) is 10.5 Å². The number of anilines is 1. The number of halogens is 2. The molecule has 0 atom stereocenters. The zero-order valence-electron chi connectivity index (χ0n) is 16.3. The Bertz CT molecular complexity index is 1080. The molecule has 1 aromatic heterocycles. The first-order valence-corrected chi connectivity index (χ1v) is 9.73. The van der Waals surface area contributed by atoms with E-state index in [2.05, 4.69) is 30.1 Å². The molecule has 4 rings (SSSR count). The van der Waals surface area contributed by atoms with Gasteiger partial charge in [0.05, 0.1) is 12.1 Å². The van der Waals surface area contributed by atoms with E-state index in [1.54, 1.807) is 0 Å². The molecular formula is C23H23F2N3O. The zero-order valence-corrected chi connectivity index (χ0v) is 16.3. The van der Waals surface area contributed by atoms with Crippen molar-refractivity contribution < 1.29 is 13.6 Å². The van der Waals surface area contributed by atoms with Crippen molar-refractivity contribution >= 4 is 22.6 Å². The molecular weight excluding hydrogens is 372 g/mol. The molecule has 6 heteroatoms. The molecule has 1 saturated heterocycles. The van der Waals surface area contributed by atoms with Gasteiger partial charge in [-0.2, -0.15) is 0 Å². The minimum Gasteiger partial charge on any atom is -0.383 e. The number of nitrogens with two attached hydrogens (primary N) is 1. The van der Waals surface area contributed by atoms with Crippen LogP contribution in [0.25, 0.3) is 22.0 Å². The molecule has 4 nitrogen and oxygen atoms in total. The van der Waals surface area contributed by atoms with Gasteiger partial charge in [0.15, 0.2) is 0 Å². The van der Waals surface area contributed by atoms with E-state index in [4.69, 9.17) is 5.73 Å². The third-order valence-electron chi connectivity index (χ3n) is 5.51. The summed E-state index contributed by atoms with van der Waals surface area (Å²) >= 11 is 0. The third kappa shape index (κ3) is 4.06. The number of likely N-dealkylation sites (tertiary alicyclic amines) is 1. The minimum absolute atomic E-state index is 0.108. The molecule has 0 aliphatic carbocycles. The lowest BCUT2D eigenvalue weighted by molar-refractivity contribution is -0.131. The van der Waals surface area contributed by atoms with Gasteiger partial charge in [0.2, 0.25) is 5.91 Å². The number of hydrogen-bond donors (Lipinski definition) is 1.